The summed E-state index contributed by atoms with van der Waals surface area (Å²) in [7, 11) is 0. The molecule has 8 rings (SSSR count). The summed E-state index contributed by atoms with van der Waals surface area (Å²) in [4.78, 5) is 0. The van der Waals surface area contributed by atoms with E-state index in [2.05, 4.69) is 183 Å². The van der Waals surface area contributed by atoms with Crippen molar-refractivity contribution < 1.29 is 0 Å². The lowest BCUT2D eigenvalue weighted by Crippen LogP contribution is -1.84. The molecule has 0 unspecified atom stereocenters. The SMILES string of the molecule is CCCCCCSC1=C(SCCCCCC)SC(=C2SC3=C(SC(=C/C=C4/SC(SCC)=C(SCCSC5=C(SCC)S/C(=C\C=C6SC7=C(S6)SC(=C6SC(SCCCCCC)=C(SCCCCCC)S6)S7)S5)S4)S3)S2)S1. The first-order valence-corrected chi connectivity index (χ1v) is 48.0. The third-order valence-corrected chi connectivity index (χ3v) is 45.5. The van der Waals surface area contributed by atoms with Gasteiger partial charge >= 0.3 is 0 Å². The van der Waals surface area contributed by atoms with Gasteiger partial charge in [0, 0.05) is 11.5 Å². The van der Waals surface area contributed by atoms with Gasteiger partial charge in [-0.15, -0.1) is 94.1 Å². The second kappa shape index (κ2) is 39.5. The molecule has 0 aliphatic carbocycles. The van der Waals surface area contributed by atoms with Gasteiger partial charge < -0.3 is 0 Å². The summed E-state index contributed by atoms with van der Waals surface area (Å²) in [5.74, 6) is 9.48. The van der Waals surface area contributed by atoms with Crippen LogP contribution in [0.5, 0.6) is 0 Å². The quantitative estimate of drug-likeness (QED) is 0.0552. The Bertz CT molecular complexity index is 2200. The summed E-state index contributed by atoms with van der Waals surface area (Å²) in [6.45, 7) is 13.8. The van der Waals surface area contributed by atoms with Gasteiger partial charge in [0.15, 0.2) is 0 Å². The van der Waals surface area contributed by atoms with Gasteiger partial charge in [-0.2, -0.15) is 0 Å². The van der Waals surface area contributed by atoms with Crippen LogP contribution in [-0.2, 0) is 0 Å². The van der Waals surface area contributed by atoms with Crippen LogP contribution >= 0.6 is 282 Å². The van der Waals surface area contributed by atoms with E-state index in [1.807, 2.05) is 165 Å². The van der Waals surface area contributed by atoms with E-state index in [1.54, 1.807) is 16.9 Å². The highest BCUT2D eigenvalue weighted by Gasteiger charge is 2.37. The van der Waals surface area contributed by atoms with Gasteiger partial charge in [0.25, 0.3) is 0 Å². The Hall–Kier alpha value is 5.28. The molecule has 0 aromatic heterocycles. The molecule has 0 radical (unpaired) electrons. The molecule has 8 aliphatic rings. The Morgan fingerprint density at radius 3 is 0.705 bits per heavy atom. The zero-order chi connectivity index (χ0) is 54.3. The molecule has 0 saturated carbocycles. The summed E-state index contributed by atoms with van der Waals surface area (Å²) in [5, 5.41) is 0. The van der Waals surface area contributed by atoms with E-state index >= 15 is 0 Å². The van der Waals surface area contributed by atoms with Crippen molar-refractivity contribution in [2.45, 2.75) is 144 Å². The number of rotatable bonds is 35. The molecular formula is C54H70S24. The van der Waals surface area contributed by atoms with Crippen molar-refractivity contribution >= 4 is 282 Å². The van der Waals surface area contributed by atoms with Gasteiger partial charge in [0.2, 0.25) is 0 Å². The van der Waals surface area contributed by atoms with Crippen molar-refractivity contribution in [1.82, 2.24) is 0 Å². The van der Waals surface area contributed by atoms with Gasteiger partial charge in [-0.3, -0.25) is 0 Å². The third kappa shape index (κ3) is 22.6. The maximum Gasteiger partial charge on any atom is 0.0718 e. The van der Waals surface area contributed by atoms with E-state index in [9.17, 15) is 0 Å². The maximum absolute atomic E-state index is 2.40. The van der Waals surface area contributed by atoms with E-state index in [0.29, 0.717) is 0 Å². The van der Waals surface area contributed by atoms with Crippen LogP contribution in [0.4, 0.5) is 0 Å². The number of unbranched alkanes of at least 4 members (excludes halogenated alkanes) is 12. The molecule has 0 aromatic carbocycles. The molecule has 0 nitrogen and oxygen atoms in total. The highest BCUT2D eigenvalue weighted by molar-refractivity contribution is 8.51. The largest absolute Gasteiger partial charge is 0.118 e. The molecule has 0 aromatic rings. The molecular weight excluding hydrogens is 1420 g/mol. The smallest absolute Gasteiger partial charge is 0.0718 e. The minimum absolute atomic E-state index is 1.11. The zero-order valence-corrected chi connectivity index (χ0v) is 64.7. The van der Waals surface area contributed by atoms with Gasteiger partial charge in [-0.25, -0.2) is 0 Å². The van der Waals surface area contributed by atoms with Crippen molar-refractivity contribution in [1.29, 1.82) is 0 Å². The summed E-state index contributed by atoms with van der Waals surface area (Å²) in [6.07, 6.45) is 31.1. The molecule has 430 valence electrons. The lowest BCUT2D eigenvalue weighted by Gasteiger charge is -2.06. The second-order valence-corrected chi connectivity index (χ2v) is 48.3. The first-order chi connectivity index (χ1) is 38.4. The normalized spacial score (nSPS) is 20.8. The fourth-order valence-electron chi connectivity index (χ4n) is 7.21. The van der Waals surface area contributed by atoms with Crippen LogP contribution in [0, 0.1) is 0 Å². The van der Waals surface area contributed by atoms with Crippen LogP contribution in [0.25, 0.3) is 0 Å². The van der Waals surface area contributed by atoms with E-state index < -0.39 is 0 Å². The van der Waals surface area contributed by atoms with Crippen LogP contribution in [0.15, 0.2) is 109 Å². The summed E-state index contributed by atoms with van der Waals surface area (Å²) < 4.78 is 29.9. The van der Waals surface area contributed by atoms with E-state index in [-0.39, 0.29) is 0 Å². The molecule has 8 aliphatic heterocycles. The standard InChI is InChI=1S/C54H70S24/c1-7-13-17-21-29-57-43-44(58-30-22-18-14-8-2)72-51(71-43)53-75-47-48(76-53)68-37(67-47)27-25-35-63-39(55-11-5)41(65-35)61-33-34-62-42-40(56-12-6)64-36(66-42)26-28-38-69-49-50(70-38)78-54(77-49)52-73-45(59-31-23-19-15-9-3)46(74-52)60-32-24-20-16-10-4/h25-28H,7-24,29-34H2,1-6H3/b35-25-,36-26+. The molecule has 0 fully saturated rings. The molecule has 0 amide bonds. The minimum Gasteiger partial charge on any atom is -0.118 e. The zero-order valence-electron chi connectivity index (χ0n) is 45.1. The highest BCUT2D eigenvalue weighted by atomic mass is 32.3. The maximum atomic E-state index is 2.40. The monoisotopic (exact) mass is 1490 g/mol. The van der Waals surface area contributed by atoms with Crippen molar-refractivity contribution in [3.05, 3.63) is 109 Å². The van der Waals surface area contributed by atoms with Crippen molar-refractivity contribution in [2.24, 2.45) is 0 Å². The first kappa shape index (κ1) is 69.2. The second-order valence-electron chi connectivity index (χ2n) is 17.4. The van der Waals surface area contributed by atoms with Crippen LogP contribution in [0.3, 0.4) is 0 Å². The molecule has 24 heteroatoms. The number of allylic oxidation sites excluding steroid dienone is 4. The molecule has 0 saturated heterocycles. The van der Waals surface area contributed by atoms with E-state index in [0.717, 1.165) is 23.0 Å². The van der Waals surface area contributed by atoms with E-state index in [1.165, 1.54) is 194 Å². The van der Waals surface area contributed by atoms with Gasteiger partial charge in [-0.1, -0.05) is 307 Å². The van der Waals surface area contributed by atoms with Crippen molar-refractivity contribution in [3.63, 3.8) is 0 Å². The number of thioether (sulfide) groups is 24. The predicted octanol–water partition coefficient (Wildman–Crippen LogP) is 29.4. The molecule has 8 heterocycles. The van der Waals surface area contributed by atoms with Crippen LogP contribution in [0.1, 0.15) is 144 Å². The summed E-state index contributed by atoms with van der Waals surface area (Å²) >= 11 is 49.0. The summed E-state index contributed by atoms with van der Waals surface area (Å²) in [6, 6.07) is 0. The van der Waals surface area contributed by atoms with Crippen molar-refractivity contribution in [3.8, 4) is 0 Å². The fourth-order valence-corrected chi connectivity index (χ4v) is 43.4. The molecule has 0 N–H and O–H groups in total. The van der Waals surface area contributed by atoms with Crippen molar-refractivity contribution in [2.75, 3.05) is 46.0 Å². The third-order valence-electron chi connectivity index (χ3n) is 11.1. The topological polar surface area (TPSA) is 0 Å². The minimum atomic E-state index is 1.11. The predicted molar refractivity (Wildman–Crippen MR) is 418 cm³/mol. The first-order valence-electron chi connectivity index (χ1n) is 27.0. The molecule has 78 heavy (non-hydrogen) atoms. The Kier molecular flexibility index (Phi) is 35.0. The molecule has 0 spiro atoms. The Morgan fingerprint density at radius 2 is 0.436 bits per heavy atom. The summed E-state index contributed by atoms with van der Waals surface area (Å²) in [5.41, 5.74) is 0. The van der Waals surface area contributed by atoms with Gasteiger partial charge in [0.05, 0.1) is 84.7 Å². The highest BCUT2D eigenvalue weighted by Crippen LogP contribution is 2.73. The van der Waals surface area contributed by atoms with Gasteiger partial charge in [0.1, 0.15) is 0 Å². The van der Waals surface area contributed by atoms with Crippen LogP contribution in [0.2, 0.25) is 0 Å². The fraction of sp³-hybridized carbons (Fsp3) is 0.556. The molecule has 0 atom stereocenters. The lowest BCUT2D eigenvalue weighted by atomic mass is 10.2. The molecule has 0 bridgehead atoms. The van der Waals surface area contributed by atoms with Crippen LogP contribution < -0.4 is 0 Å². The lowest BCUT2D eigenvalue weighted by molar-refractivity contribution is 0.707. The van der Waals surface area contributed by atoms with Gasteiger partial charge in [-0.05, 0) is 84.5 Å². The Balaban J connectivity index is 0.765. The number of hydrogen-bond donors (Lipinski definition) is 0. The van der Waals surface area contributed by atoms with Crippen LogP contribution in [-0.4, -0.2) is 46.0 Å². The average Bonchev–Trinajstić information content (AvgIpc) is 4.37. The van der Waals surface area contributed by atoms with E-state index in [4.69, 9.17) is 0 Å². The Morgan fingerprint density at radius 1 is 0.218 bits per heavy atom. The number of hydrogen-bond acceptors (Lipinski definition) is 24. The average molecular weight is 1490 g/mol. The Labute approximate surface area is 573 Å².